The molecule has 1 heterocycles. The molecule has 1 aliphatic rings. The number of anilines is 1. The molecule has 0 unspecified atom stereocenters. The monoisotopic (exact) mass is 527 g/mol. The second-order valence-corrected chi connectivity index (χ2v) is 11.0. The Morgan fingerprint density at radius 3 is 2.44 bits per heavy atom. The van der Waals surface area contributed by atoms with Crippen LogP contribution in [-0.4, -0.2) is 44.3 Å². The van der Waals surface area contributed by atoms with Crippen LogP contribution in [0, 0.1) is 0 Å². The molecule has 9 heteroatoms. The van der Waals surface area contributed by atoms with Gasteiger partial charge in [-0.15, -0.1) is 0 Å². The van der Waals surface area contributed by atoms with E-state index in [2.05, 4.69) is 5.32 Å². The summed E-state index contributed by atoms with van der Waals surface area (Å²) in [6, 6.07) is 17.4. The lowest BCUT2D eigenvalue weighted by Crippen LogP contribution is -2.49. The van der Waals surface area contributed by atoms with Gasteiger partial charge in [0.15, 0.2) is 0 Å². The molecule has 0 bridgehead atoms. The van der Waals surface area contributed by atoms with Crippen LogP contribution in [-0.2, 0) is 26.2 Å². The van der Waals surface area contributed by atoms with Crippen molar-refractivity contribution in [1.82, 2.24) is 10.2 Å². The molecule has 0 saturated heterocycles. The molecule has 0 aliphatic carbocycles. The molecule has 3 aromatic carbocycles. The van der Waals surface area contributed by atoms with Crippen molar-refractivity contribution in [3.8, 4) is 0 Å². The highest BCUT2D eigenvalue weighted by atomic mass is 35.5. The molecular weight excluding hydrogens is 498 g/mol. The first-order valence-corrected chi connectivity index (χ1v) is 14.0. The highest BCUT2D eigenvalue weighted by molar-refractivity contribution is 7.93. The Morgan fingerprint density at radius 2 is 1.75 bits per heavy atom. The highest BCUT2D eigenvalue weighted by Crippen LogP contribution is 2.42. The molecule has 0 radical (unpaired) electrons. The number of rotatable bonds is 10. The van der Waals surface area contributed by atoms with Crippen molar-refractivity contribution in [2.24, 2.45) is 0 Å². The van der Waals surface area contributed by atoms with Gasteiger partial charge in [0.2, 0.25) is 11.8 Å². The summed E-state index contributed by atoms with van der Waals surface area (Å²) in [5.74, 6) is -0.440. The number of carbonyl (C=O) groups excluding carboxylic acids is 2. The Bertz CT molecular complexity index is 1390. The molecule has 7 nitrogen and oxygen atoms in total. The van der Waals surface area contributed by atoms with Gasteiger partial charge in [0.25, 0.3) is 10.0 Å². The predicted molar refractivity (Wildman–Crippen MR) is 142 cm³/mol. The van der Waals surface area contributed by atoms with Gasteiger partial charge in [0.05, 0.1) is 10.6 Å². The number of hydrogen-bond donors (Lipinski definition) is 1. The van der Waals surface area contributed by atoms with E-state index in [-0.39, 0.29) is 31.3 Å². The third-order valence-electron chi connectivity index (χ3n) is 6.47. The molecule has 1 atom stereocenters. The van der Waals surface area contributed by atoms with Gasteiger partial charge in [-0.1, -0.05) is 61.0 Å². The molecule has 2 amide bonds. The molecule has 0 aromatic heterocycles. The van der Waals surface area contributed by atoms with Gasteiger partial charge in [-0.3, -0.25) is 13.9 Å². The fourth-order valence-electron chi connectivity index (χ4n) is 4.74. The van der Waals surface area contributed by atoms with E-state index < -0.39 is 16.1 Å². The van der Waals surface area contributed by atoms with E-state index in [1.165, 1.54) is 4.31 Å². The first-order chi connectivity index (χ1) is 17.3. The molecule has 190 valence electrons. The highest BCUT2D eigenvalue weighted by Gasteiger charge is 2.35. The summed E-state index contributed by atoms with van der Waals surface area (Å²) in [7, 11) is -3.69. The molecule has 3 aromatic rings. The standard InChI is InChI=1S/C27H30ClN3O4S/c1-3-22(27(33)29-4-2)30(18-20-10-5-6-13-21(20)28)25(32)16-9-17-31-23-14-7-11-19-12-8-15-24(26(19)23)36(31,34)35/h5-8,10-15,22H,3-4,9,16-18H2,1-2H3,(H,29,33)/t22-/m0/s1. The Kier molecular flexibility index (Phi) is 7.85. The Balaban J connectivity index is 1.53. The second kappa shape index (κ2) is 10.9. The molecule has 1 aliphatic heterocycles. The minimum Gasteiger partial charge on any atom is -0.355 e. The number of benzene rings is 3. The van der Waals surface area contributed by atoms with Crippen molar-refractivity contribution in [2.75, 3.05) is 17.4 Å². The average Bonchev–Trinajstić information content (AvgIpc) is 3.08. The van der Waals surface area contributed by atoms with Gasteiger partial charge >= 0.3 is 0 Å². The smallest absolute Gasteiger partial charge is 0.265 e. The van der Waals surface area contributed by atoms with Crippen LogP contribution in [0.15, 0.2) is 65.6 Å². The van der Waals surface area contributed by atoms with Crippen molar-refractivity contribution >= 4 is 49.9 Å². The van der Waals surface area contributed by atoms with Gasteiger partial charge in [0.1, 0.15) is 6.04 Å². The maximum Gasteiger partial charge on any atom is 0.265 e. The van der Waals surface area contributed by atoms with Gasteiger partial charge in [-0.05, 0) is 48.9 Å². The number of halogens is 1. The second-order valence-electron chi connectivity index (χ2n) is 8.74. The zero-order chi connectivity index (χ0) is 25.9. The quantitative estimate of drug-likeness (QED) is 0.413. The number of amides is 2. The van der Waals surface area contributed by atoms with Crippen molar-refractivity contribution in [3.05, 3.63) is 71.2 Å². The number of nitrogens with one attached hydrogen (secondary N) is 1. The molecule has 0 fully saturated rings. The molecule has 0 spiro atoms. The summed E-state index contributed by atoms with van der Waals surface area (Å²) in [4.78, 5) is 28.1. The van der Waals surface area contributed by atoms with E-state index in [1.54, 1.807) is 29.2 Å². The van der Waals surface area contributed by atoms with Crippen LogP contribution < -0.4 is 9.62 Å². The normalized spacial score (nSPS) is 14.6. The lowest BCUT2D eigenvalue weighted by Gasteiger charge is -2.31. The Hall–Kier alpha value is -3.10. The van der Waals surface area contributed by atoms with Crippen molar-refractivity contribution < 1.29 is 18.0 Å². The molecule has 4 rings (SSSR count). The minimum absolute atomic E-state index is 0.0959. The number of nitrogens with zero attached hydrogens (tertiary/aromatic N) is 2. The average molecular weight is 528 g/mol. The van der Waals surface area contributed by atoms with Gasteiger partial charge in [-0.2, -0.15) is 0 Å². The van der Waals surface area contributed by atoms with Crippen molar-refractivity contribution in [3.63, 3.8) is 0 Å². The first-order valence-electron chi connectivity index (χ1n) is 12.1. The van der Waals surface area contributed by atoms with E-state index in [0.29, 0.717) is 40.4 Å². The van der Waals surface area contributed by atoms with Crippen molar-refractivity contribution in [2.45, 2.75) is 50.6 Å². The van der Waals surface area contributed by atoms with Crippen LogP contribution in [0.1, 0.15) is 38.7 Å². The lowest BCUT2D eigenvalue weighted by atomic mass is 10.1. The summed E-state index contributed by atoms with van der Waals surface area (Å²) in [6.45, 7) is 4.52. The number of carbonyl (C=O) groups is 2. The van der Waals surface area contributed by atoms with E-state index in [4.69, 9.17) is 11.6 Å². The Morgan fingerprint density at radius 1 is 1.03 bits per heavy atom. The molecule has 0 saturated carbocycles. The lowest BCUT2D eigenvalue weighted by molar-refractivity contribution is -0.141. The summed E-state index contributed by atoms with van der Waals surface area (Å²) < 4.78 is 27.9. The van der Waals surface area contributed by atoms with E-state index >= 15 is 0 Å². The zero-order valence-electron chi connectivity index (χ0n) is 20.4. The van der Waals surface area contributed by atoms with E-state index in [9.17, 15) is 18.0 Å². The van der Waals surface area contributed by atoms with E-state index in [0.717, 1.165) is 10.9 Å². The van der Waals surface area contributed by atoms with Gasteiger partial charge in [-0.25, -0.2) is 8.42 Å². The largest absolute Gasteiger partial charge is 0.355 e. The van der Waals surface area contributed by atoms with Crippen LogP contribution in [0.2, 0.25) is 5.02 Å². The maximum atomic E-state index is 13.4. The number of hydrogen-bond acceptors (Lipinski definition) is 4. The van der Waals surface area contributed by atoms with Gasteiger partial charge < -0.3 is 10.2 Å². The van der Waals surface area contributed by atoms with Crippen LogP contribution in [0.5, 0.6) is 0 Å². The molecule has 1 N–H and O–H groups in total. The summed E-state index contributed by atoms with van der Waals surface area (Å²) >= 11 is 6.35. The fraction of sp³-hybridized carbons (Fsp3) is 0.333. The Labute approximate surface area is 217 Å². The third kappa shape index (κ3) is 4.92. The van der Waals surface area contributed by atoms with Crippen LogP contribution in [0.4, 0.5) is 5.69 Å². The molecule has 36 heavy (non-hydrogen) atoms. The topological polar surface area (TPSA) is 86.8 Å². The van der Waals surface area contributed by atoms with Crippen LogP contribution in [0.3, 0.4) is 0 Å². The van der Waals surface area contributed by atoms with Gasteiger partial charge in [0, 0.05) is 36.5 Å². The van der Waals surface area contributed by atoms with Crippen LogP contribution in [0.25, 0.3) is 10.8 Å². The zero-order valence-corrected chi connectivity index (χ0v) is 22.0. The number of likely N-dealkylation sites (N-methyl/N-ethyl adjacent to an activating group) is 1. The predicted octanol–water partition coefficient (Wildman–Crippen LogP) is 4.73. The first kappa shape index (κ1) is 26.0. The SMILES string of the molecule is CCNC(=O)[C@H](CC)N(Cc1ccccc1Cl)C(=O)CCCN1c2cccc3cccc(c23)S1(=O)=O. The number of sulfonamides is 1. The van der Waals surface area contributed by atoms with E-state index in [1.807, 2.05) is 50.2 Å². The van der Waals surface area contributed by atoms with Crippen LogP contribution >= 0.6 is 11.6 Å². The maximum absolute atomic E-state index is 13.4. The van der Waals surface area contributed by atoms with Crippen molar-refractivity contribution in [1.29, 1.82) is 0 Å². The summed E-state index contributed by atoms with van der Waals surface area (Å²) in [6.07, 6.45) is 0.853. The third-order valence-corrected chi connectivity index (χ3v) is 8.69. The summed E-state index contributed by atoms with van der Waals surface area (Å²) in [5.41, 5.74) is 1.39. The molecular formula is C27H30ClN3O4S. The fourth-order valence-corrected chi connectivity index (χ4v) is 6.68. The minimum atomic E-state index is -3.69. The summed E-state index contributed by atoms with van der Waals surface area (Å²) in [5, 5.41) is 4.92.